The number of unbranched alkanes of at least 4 members (excludes halogenated alkanes) is 2. The number of nitrogens with two attached hydrogens (primary N) is 1. The van der Waals surface area contributed by atoms with Crippen molar-refractivity contribution in [1.29, 1.82) is 0 Å². The summed E-state index contributed by atoms with van der Waals surface area (Å²) in [6.45, 7) is 8.80. The Balaban J connectivity index is 2.23. The lowest BCUT2D eigenvalue weighted by Gasteiger charge is -2.21. The van der Waals surface area contributed by atoms with Crippen LogP contribution in [0.2, 0.25) is 0 Å². The SMILES string of the molecule is CCCS(=O)(=O)CCN1CCCN(CCCCCN)CC1. The molecule has 1 rings (SSSR count). The van der Waals surface area contributed by atoms with Gasteiger partial charge in [0.2, 0.25) is 0 Å². The van der Waals surface area contributed by atoms with E-state index in [1.54, 1.807) is 0 Å². The summed E-state index contributed by atoms with van der Waals surface area (Å²) >= 11 is 0. The van der Waals surface area contributed by atoms with E-state index in [-0.39, 0.29) is 0 Å². The molecule has 2 N–H and O–H groups in total. The van der Waals surface area contributed by atoms with Gasteiger partial charge in [-0.15, -0.1) is 0 Å². The molecule has 126 valence electrons. The number of sulfone groups is 1. The Morgan fingerprint density at radius 2 is 1.57 bits per heavy atom. The molecule has 0 aromatic rings. The van der Waals surface area contributed by atoms with E-state index in [4.69, 9.17) is 5.73 Å². The zero-order valence-corrected chi connectivity index (χ0v) is 14.4. The van der Waals surface area contributed by atoms with Crippen LogP contribution in [-0.2, 0) is 9.84 Å². The fourth-order valence-electron chi connectivity index (χ4n) is 2.81. The second-order valence-corrected chi connectivity index (χ2v) is 8.34. The molecule has 21 heavy (non-hydrogen) atoms. The van der Waals surface area contributed by atoms with Crippen LogP contribution in [0.25, 0.3) is 0 Å². The molecule has 0 spiro atoms. The predicted octanol–water partition coefficient (Wildman–Crippen LogP) is 0.948. The summed E-state index contributed by atoms with van der Waals surface area (Å²) in [7, 11) is -2.84. The third-order valence-corrected chi connectivity index (χ3v) is 5.93. The van der Waals surface area contributed by atoms with Crippen LogP contribution in [-0.4, -0.2) is 75.5 Å². The molecule has 6 heteroatoms. The van der Waals surface area contributed by atoms with Crippen LogP contribution in [0.15, 0.2) is 0 Å². The molecule has 0 bridgehead atoms. The minimum absolute atomic E-state index is 0.317. The zero-order valence-electron chi connectivity index (χ0n) is 13.6. The first-order chi connectivity index (χ1) is 10.1. The predicted molar refractivity (Wildman–Crippen MR) is 89.3 cm³/mol. The van der Waals surface area contributed by atoms with E-state index in [9.17, 15) is 8.42 Å². The molecule has 1 heterocycles. The summed E-state index contributed by atoms with van der Waals surface area (Å²) in [6.07, 6.45) is 5.42. The molecule has 0 aromatic carbocycles. The van der Waals surface area contributed by atoms with E-state index in [0.29, 0.717) is 18.1 Å². The molecule has 0 aromatic heterocycles. The molecular formula is C15H33N3O2S. The van der Waals surface area contributed by atoms with Gasteiger partial charge in [-0.1, -0.05) is 13.3 Å². The third-order valence-electron chi connectivity index (χ3n) is 4.09. The second-order valence-electron chi connectivity index (χ2n) is 6.04. The maximum Gasteiger partial charge on any atom is 0.151 e. The maximum atomic E-state index is 11.8. The standard InChI is InChI=1S/C15H33N3O2S/c1-2-14-21(19,20)15-13-18-10-6-9-17(11-12-18)8-5-3-4-7-16/h2-16H2,1H3. The molecule has 5 nitrogen and oxygen atoms in total. The Morgan fingerprint density at radius 3 is 2.19 bits per heavy atom. The van der Waals surface area contributed by atoms with Crippen LogP contribution in [0, 0.1) is 0 Å². The van der Waals surface area contributed by atoms with E-state index < -0.39 is 9.84 Å². The fourth-order valence-corrected chi connectivity index (χ4v) is 4.17. The van der Waals surface area contributed by atoms with E-state index in [1.807, 2.05) is 6.92 Å². The molecule has 0 atom stereocenters. The quantitative estimate of drug-likeness (QED) is 0.607. The normalized spacial score (nSPS) is 18.8. The van der Waals surface area contributed by atoms with Gasteiger partial charge >= 0.3 is 0 Å². The summed E-state index contributed by atoms with van der Waals surface area (Å²) in [5, 5.41) is 0. The van der Waals surface area contributed by atoms with E-state index in [1.165, 1.54) is 12.8 Å². The van der Waals surface area contributed by atoms with Gasteiger partial charge in [-0.05, 0) is 51.9 Å². The first kappa shape index (κ1) is 18.9. The highest BCUT2D eigenvalue weighted by atomic mass is 32.2. The summed E-state index contributed by atoms with van der Waals surface area (Å²) in [6, 6.07) is 0. The van der Waals surface area contributed by atoms with Crippen LogP contribution >= 0.6 is 0 Å². The lowest BCUT2D eigenvalue weighted by atomic mass is 10.2. The number of hydrogen-bond acceptors (Lipinski definition) is 5. The van der Waals surface area contributed by atoms with Crippen LogP contribution in [0.5, 0.6) is 0 Å². The van der Waals surface area contributed by atoms with Crippen molar-refractivity contribution >= 4 is 9.84 Å². The van der Waals surface area contributed by atoms with Crippen molar-refractivity contribution in [2.24, 2.45) is 5.73 Å². The average Bonchev–Trinajstić information content (AvgIpc) is 2.67. The number of nitrogens with zero attached hydrogens (tertiary/aromatic N) is 2. The summed E-state index contributed by atoms with van der Waals surface area (Å²) in [5.41, 5.74) is 5.51. The molecule has 0 radical (unpaired) electrons. The Hall–Kier alpha value is -0.170. The summed E-state index contributed by atoms with van der Waals surface area (Å²) in [5.74, 6) is 0.644. The smallest absolute Gasteiger partial charge is 0.151 e. The molecule has 0 unspecified atom stereocenters. The van der Waals surface area contributed by atoms with Gasteiger partial charge in [0.15, 0.2) is 9.84 Å². The molecule has 1 fully saturated rings. The lowest BCUT2D eigenvalue weighted by molar-refractivity contribution is 0.259. The van der Waals surface area contributed by atoms with Crippen LogP contribution in [0.4, 0.5) is 0 Å². The van der Waals surface area contributed by atoms with Gasteiger partial charge < -0.3 is 15.5 Å². The maximum absolute atomic E-state index is 11.8. The van der Waals surface area contributed by atoms with Crippen molar-refractivity contribution in [2.75, 3.05) is 57.3 Å². The number of hydrogen-bond donors (Lipinski definition) is 1. The Kier molecular flexibility index (Phi) is 9.47. The molecule has 0 aliphatic carbocycles. The zero-order chi connectivity index (χ0) is 15.6. The van der Waals surface area contributed by atoms with Crippen molar-refractivity contribution in [3.05, 3.63) is 0 Å². The van der Waals surface area contributed by atoms with Crippen molar-refractivity contribution in [3.8, 4) is 0 Å². The Labute approximate surface area is 130 Å². The van der Waals surface area contributed by atoms with Gasteiger partial charge in [0.1, 0.15) is 0 Å². The average molecular weight is 320 g/mol. The van der Waals surface area contributed by atoms with E-state index >= 15 is 0 Å². The van der Waals surface area contributed by atoms with Gasteiger partial charge in [0, 0.05) is 25.4 Å². The molecule has 1 aliphatic heterocycles. The monoisotopic (exact) mass is 319 g/mol. The van der Waals surface area contributed by atoms with Crippen LogP contribution in [0.1, 0.15) is 39.0 Å². The van der Waals surface area contributed by atoms with Gasteiger partial charge in [-0.25, -0.2) is 8.42 Å². The van der Waals surface area contributed by atoms with E-state index in [0.717, 1.165) is 58.5 Å². The third kappa shape index (κ3) is 8.76. The van der Waals surface area contributed by atoms with Gasteiger partial charge in [-0.2, -0.15) is 0 Å². The van der Waals surface area contributed by atoms with Gasteiger partial charge in [0.05, 0.1) is 5.75 Å². The largest absolute Gasteiger partial charge is 0.330 e. The van der Waals surface area contributed by atoms with Crippen molar-refractivity contribution in [2.45, 2.75) is 39.0 Å². The van der Waals surface area contributed by atoms with Crippen molar-refractivity contribution in [1.82, 2.24) is 9.80 Å². The minimum Gasteiger partial charge on any atom is -0.330 e. The number of rotatable bonds is 10. The second kappa shape index (κ2) is 10.5. The fraction of sp³-hybridized carbons (Fsp3) is 1.00. The molecule has 1 saturated heterocycles. The summed E-state index contributed by atoms with van der Waals surface area (Å²) < 4.78 is 23.6. The first-order valence-electron chi connectivity index (χ1n) is 8.42. The van der Waals surface area contributed by atoms with Gasteiger partial charge in [0.25, 0.3) is 0 Å². The molecular weight excluding hydrogens is 286 g/mol. The molecule has 1 aliphatic rings. The highest BCUT2D eigenvalue weighted by Crippen LogP contribution is 2.06. The van der Waals surface area contributed by atoms with Crippen LogP contribution in [0.3, 0.4) is 0 Å². The summed E-state index contributed by atoms with van der Waals surface area (Å²) in [4.78, 5) is 4.82. The molecule has 0 saturated carbocycles. The lowest BCUT2D eigenvalue weighted by Crippen LogP contribution is -2.34. The minimum atomic E-state index is -2.84. The van der Waals surface area contributed by atoms with Crippen molar-refractivity contribution < 1.29 is 8.42 Å². The van der Waals surface area contributed by atoms with Gasteiger partial charge in [-0.3, -0.25) is 0 Å². The topological polar surface area (TPSA) is 66.6 Å². The molecule has 0 amide bonds. The Morgan fingerprint density at radius 1 is 0.905 bits per heavy atom. The Bertz CT molecular complexity index is 360. The first-order valence-corrected chi connectivity index (χ1v) is 10.2. The van der Waals surface area contributed by atoms with Crippen molar-refractivity contribution in [3.63, 3.8) is 0 Å². The highest BCUT2D eigenvalue weighted by molar-refractivity contribution is 7.91. The highest BCUT2D eigenvalue weighted by Gasteiger charge is 2.17. The van der Waals surface area contributed by atoms with Crippen LogP contribution < -0.4 is 5.73 Å². The van der Waals surface area contributed by atoms with E-state index in [2.05, 4.69) is 9.80 Å².